The number of nitrogens with zero attached hydrogens (tertiary/aromatic N) is 1. The van der Waals surface area contributed by atoms with E-state index >= 15 is 0 Å². The van der Waals surface area contributed by atoms with Crippen LogP contribution in [0.15, 0.2) is 30.3 Å². The Hall–Kier alpha value is -2.30. The van der Waals surface area contributed by atoms with Crippen molar-refractivity contribution in [1.29, 1.82) is 0 Å². The molecule has 0 bridgehead atoms. The third kappa shape index (κ3) is 5.69. The molecule has 21 heavy (non-hydrogen) atoms. The zero-order valence-corrected chi connectivity index (χ0v) is 12.7. The molecule has 2 N–H and O–H groups in total. The monoisotopic (exact) mass is 290 g/mol. The number of aliphatic carboxylic acids is 1. The number of carboxylic acids is 1. The normalized spacial score (nSPS) is 10.9. The lowest BCUT2D eigenvalue weighted by Crippen LogP contribution is -2.40. The lowest BCUT2D eigenvalue weighted by molar-refractivity contribution is -0.131. The Morgan fingerprint density at radius 2 is 2.00 bits per heavy atom. The maximum atomic E-state index is 11.9. The number of hydrogen-bond acceptors (Lipinski definition) is 3. The van der Waals surface area contributed by atoms with Gasteiger partial charge in [0.15, 0.2) is 0 Å². The average molecular weight is 290 g/mol. The lowest BCUT2D eigenvalue weighted by Gasteiger charge is -2.25. The molecule has 1 aromatic rings. The summed E-state index contributed by atoms with van der Waals surface area (Å²) in [5.74, 6) is -1.05. The van der Waals surface area contributed by atoms with Gasteiger partial charge >= 0.3 is 5.97 Å². The van der Waals surface area contributed by atoms with E-state index in [0.29, 0.717) is 6.54 Å². The highest BCUT2D eigenvalue weighted by molar-refractivity contribution is 5.88. The van der Waals surface area contributed by atoms with Gasteiger partial charge < -0.3 is 15.3 Å². The van der Waals surface area contributed by atoms with Gasteiger partial charge in [0.05, 0.1) is 6.54 Å². The van der Waals surface area contributed by atoms with Crippen LogP contribution in [0.25, 0.3) is 6.08 Å². The third-order valence-electron chi connectivity index (χ3n) is 2.85. The van der Waals surface area contributed by atoms with Crippen LogP contribution >= 0.6 is 0 Å². The van der Waals surface area contributed by atoms with Gasteiger partial charge in [-0.1, -0.05) is 18.2 Å². The number of para-hydroxylation sites is 1. The van der Waals surface area contributed by atoms with Gasteiger partial charge in [-0.3, -0.25) is 4.79 Å². The standard InChI is InChI=1S/C16H22N2O3/c1-4-18(11-15(19)17-12(2)3)14-8-6-5-7-13(14)9-10-16(20)21/h5-10,12H,4,11H2,1-3H3,(H,17,19)(H,20,21). The summed E-state index contributed by atoms with van der Waals surface area (Å²) >= 11 is 0. The number of benzene rings is 1. The molecular formula is C16H22N2O3. The molecule has 1 aromatic carbocycles. The Labute approximate surface area is 125 Å². The zero-order valence-electron chi connectivity index (χ0n) is 12.7. The van der Waals surface area contributed by atoms with E-state index < -0.39 is 5.97 Å². The molecule has 0 atom stereocenters. The van der Waals surface area contributed by atoms with Gasteiger partial charge in [-0.2, -0.15) is 0 Å². The number of anilines is 1. The molecule has 0 aliphatic carbocycles. The summed E-state index contributed by atoms with van der Waals surface area (Å²) in [7, 11) is 0. The van der Waals surface area contributed by atoms with Crippen molar-refractivity contribution in [3.05, 3.63) is 35.9 Å². The molecule has 0 aliphatic heterocycles. The first kappa shape index (κ1) is 16.8. The SMILES string of the molecule is CCN(CC(=O)NC(C)C)c1ccccc1C=CC(=O)O. The molecule has 5 heteroatoms. The van der Waals surface area contributed by atoms with Crippen LogP contribution < -0.4 is 10.2 Å². The predicted octanol–water partition coefficient (Wildman–Crippen LogP) is 2.14. The van der Waals surface area contributed by atoms with E-state index in [4.69, 9.17) is 5.11 Å². The van der Waals surface area contributed by atoms with Crippen LogP contribution in [0.4, 0.5) is 5.69 Å². The van der Waals surface area contributed by atoms with Crippen molar-refractivity contribution >= 4 is 23.6 Å². The fourth-order valence-corrected chi connectivity index (χ4v) is 1.99. The van der Waals surface area contributed by atoms with Crippen molar-refractivity contribution < 1.29 is 14.7 Å². The highest BCUT2D eigenvalue weighted by Crippen LogP contribution is 2.21. The number of rotatable bonds is 7. The second-order valence-corrected chi connectivity index (χ2v) is 4.97. The van der Waals surface area contributed by atoms with Crippen LogP contribution in [-0.4, -0.2) is 36.1 Å². The second-order valence-electron chi connectivity index (χ2n) is 4.97. The number of nitrogens with one attached hydrogen (secondary N) is 1. The van der Waals surface area contributed by atoms with Gasteiger partial charge in [0, 0.05) is 24.4 Å². The minimum absolute atomic E-state index is 0.0520. The van der Waals surface area contributed by atoms with Gasteiger partial charge in [0.1, 0.15) is 0 Å². The highest BCUT2D eigenvalue weighted by atomic mass is 16.4. The van der Waals surface area contributed by atoms with Crippen molar-refractivity contribution in [2.75, 3.05) is 18.0 Å². The van der Waals surface area contributed by atoms with Gasteiger partial charge in [0.25, 0.3) is 0 Å². The minimum atomic E-state index is -0.995. The minimum Gasteiger partial charge on any atom is -0.478 e. The molecule has 5 nitrogen and oxygen atoms in total. The number of carbonyl (C=O) groups excluding carboxylic acids is 1. The van der Waals surface area contributed by atoms with E-state index in [-0.39, 0.29) is 18.5 Å². The van der Waals surface area contributed by atoms with Crippen molar-refractivity contribution in [1.82, 2.24) is 5.32 Å². The maximum absolute atomic E-state index is 11.9. The number of carboxylic acid groups (broad SMARTS) is 1. The van der Waals surface area contributed by atoms with Crippen LogP contribution in [0.5, 0.6) is 0 Å². The number of hydrogen-bond donors (Lipinski definition) is 2. The zero-order chi connectivity index (χ0) is 15.8. The number of amides is 1. The quantitative estimate of drug-likeness (QED) is 0.755. The van der Waals surface area contributed by atoms with E-state index in [9.17, 15) is 9.59 Å². The predicted molar refractivity (Wildman–Crippen MR) is 84.3 cm³/mol. The molecule has 1 rings (SSSR count). The largest absolute Gasteiger partial charge is 0.478 e. The topological polar surface area (TPSA) is 69.6 Å². The van der Waals surface area contributed by atoms with Crippen LogP contribution in [0, 0.1) is 0 Å². The first-order chi connectivity index (χ1) is 9.93. The molecule has 0 saturated carbocycles. The summed E-state index contributed by atoms with van der Waals surface area (Å²) in [6.45, 7) is 6.69. The first-order valence-electron chi connectivity index (χ1n) is 6.98. The second kappa shape index (κ2) is 8.09. The molecule has 0 saturated heterocycles. The fraction of sp³-hybridized carbons (Fsp3) is 0.375. The number of carbonyl (C=O) groups is 2. The smallest absolute Gasteiger partial charge is 0.328 e. The summed E-state index contributed by atoms with van der Waals surface area (Å²) < 4.78 is 0. The van der Waals surface area contributed by atoms with Crippen molar-refractivity contribution in [2.24, 2.45) is 0 Å². The van der Waals surface area contributed by atoms with Crippen LogP contribution in [0.2, 0.25) is 0 Å². The molecule has 0 spiro atoms. The molecular weight excluding hydrogens is 268 g/mol. The average Bonchev–Trinajstić information content (AvgIpc) is 2.42. The molecule has 114 valence electrons. The molecule has 1 amide bonds. The van der Waals surface area contributed by atoms with Crippen molar-refractivity contribution in [2.45, 2.75) is 26.8 Å². The van der Waals surface area contributed by atoms with Crippen molar-refractivity contribution in [3.63, 3.8) is 0 Å². The first-order valence-corrected chi connectivity index (χ1v) is 6.98. The van der Waals surface area contributed by atoms with E-state index in [2.05, 4.69) is 5.32 Å². The van der Waals surface area contributed by atoms with Crippen molar-refractivity contribution in [3.8, 4) is 0 Å². The molecule has 0 radical (unpaired) electrons. The summed E-state index contributed by atoms with van der Waals surface area (Å²) in [5.41, 5.74) is 1.62. The maximum Gasteiger partial charge on any atom is 0.328 e. The van der Waals surface area contributed by atoms with E-state index in [1.54, 1.807) is 6.08 Å². The highest BCUT2D eigenvalue weighted by Gasteiger charge is 2.12. The van der Waals surface area contributed by atoms with Gasteiger partial charge in [-0.25, -0.2) is 4.79 Å². The summed E-state index contributed by atoms with van der Waals surface area (Å²) in [6, 6.07) is 7.52. The van der Waals surface area contributed by atoms with Crippen LogP contribution in [0.3, 0.4) is 0 Å². The van der Waals surface area contributed by atoms with Crippen LogP contribution in [0.1, 0.15) is 26.3 Å². The number of likely N-dealkylation sites (N-methyl/N-ethyl adjacent to an activating group) is 1. The fourth-order valence-electron chi connectivity index (χ4n) is 1.99. The Balaban J connectivity index is 2.95. The third-order valence-corrected chi connectivity index (χ3v) is 2.85. The van der Waals surface area contributed by atoms with Gasteiger partial charge in [-0.05, 0) is 38.5 Å². The Bertz CT molecular complexity index is 524. The summed E-state index contributed by atoms with van der Waals surface area (Å²) in [4.78, 5) is 24.5. The lowest BCUT2D eigenvalue weighted by atomic mass is 10.1. The molecule has 0 heterocycles. The summed E-state index contributed by atoms with van der Waals surface area (Å²) in [5, 5.41) is 11.6. The Kier molecular flexibility index (Phi) is 6.46. The van der Waals surface area contributed by atoms with Crippen LogP contribution in [-0.2, 0) is 9.59 Å². The Morgan fingerprint density at radius 3 is 2.57 bits per heavy atom. The summed E-state index contributed by atoms with van der Waals surface area (Å²) in [6.07, 6.45) is 2.64. The van der Waals surface area contributed by atoms with E-state index in [1.807, 2.05) is 49.9 Å². The molecule has 0 aliphatic rings. The molecule has 0 unspecified atom stereocenters. The van der Waals surface area contributed by atoms with Gasteiger partial charge in [0.2, 0.25) is 5.91 Å². The van der Waals surface area contributed by atoms with E-state index in [0.717, 1.165) is 17.3 Å². The van der Waals surface area contributed by atoms with Gasteiger partial charge in [-0.15, -0.1) is 0 Å². The Morgan fingerprint density at radius 1 is 1.33 bits per heavy atom. The molecule has 0 fully saturated rings. The van der Waals surface area contributed by atoms with E-state index in [1.165, 1.54) is 0 Å². The molecule has 0 aromatic heterocycles.